The van der Waals surface area contributed by atoms with Crippen molar-refractivity contribution in [3.8, 4) is 5.75 Å². The molecule has 2 rings (SSSR count). The van der Waals surface area contributed by atoms with E-state index in [2.05, 4.69) is 25.3 Å². The molecular formula is C15H15F3N4O3. The molecule has 0 saturated carbocycles. The maximum atomic E-state index is 13.0. The van der Waals surface area contributed by atoms with Crippen molar-refractivity contribution in [2.24, 2.45) is 0 Å². The number of rotatable bonds is 5. The molecule has 1 aromatic heterocycles. The molecule has 10 heteroatoms. The molecule has 134 valence electrons. The molecule has 0 aliphatic rings. The Morgan fingerprint density at radius 2 is 1.88 bits per heavy atom. The van der Waals surface area contributed by atoms with E-state index in [-0.39, 0.29) is 23.0 Å². The van der Waals surface area contributed by atoms with E-state index in [1.807, 2.05) is 0 Å². The standard InChI is InChI=1S/C15H15F3N4O3/c1-19-14-21-11(15(16,17)18)7-12(22-14)20-9-6-8(13(23)25-3)4-5-10(9)24-2/h4-7H,1-3H3,(H2,19,20,21,22). The Bertz CT molecular complexity index is 781. The molecule has 7 nitrogen and oxygen atoms in total. The molecule has 0 aliphatic carbocycles. The van der Waals surface area contributed by atoms with E-state index < -0.39 is 17.8 Å². The predicted octanol–water partition coefficient (Wildman–Crippen LogP) is 3.08. The number of hydrogen-bond donors (Lipinski definition) is 2. The molecule has 0 saturated heterocycles. The van der Waals surface area contributed by atoms with Gasteiger partial charge in [0.2, 0.25) is 5.95 Å². The lowest BCUT2D eigenvalue weighted by Gasteiger charge is -2.14. The van der Waals surface area contributed by atoms with Crippen LogP contribution < -0.4 is 15.4 Å². The van der Waals surface area contributed by atoms with Crippen LogP contribution in [0.15, 0.2) is 24.3 Å². The SMILES string of the molecule is CNc1nc(Nc2cc(C(=O)OC)ccc2OC)cc(C(F)(F)F)n1. The van der Waals surface area contributed by atoms with E-state index in [9.17, 15) is 18.0 Å². The predicted molar refractivity (Wildman–Crippen MR) is 84.2 cm³/mol. The quantitative estimate of drug-likeness (QED) is 0.796. The zero-order chi connectivity index (χ0) is 18.6. The number of aromatic nitrogens is 2. The minimum atomic E-state index is -4.64. The molecule has 2 N–H and O–H groups in total. The number of methoxy groups -OCH3 is 2. The molecule has 0 fully saturated rings. The zero-order valence-electron chi connectivity index (χ0n) is 13.6. The maximum absolute atomic E-state index is 13.0. The van der Waals surface area contributed by atoms with Crippen molar-refractivity contribution in [1.29, 1.82) is 0 Å². The molecule has 0 spiro atoms. The number of carbonyl (C=O) groups is 1. The molecule has 0 radical (unpaired) electrons. The number of alkyl halides is 3. The summed E-state index contributed by atoms with van der Waals surface area (Å²) in [7, 11) is 4.01. The highest BCUT2D eigenvalue weighted by molar-refractivity contribution is 5.91. The smallest absolute Gasteiger partial charge is 0.433 e. The van der Waals surface area contributed by atoms with Gasteiger partial charge in [-0.2, -0.15) is 18.2 Å². The molecule has 0 atom stereocenters. The van der Waals surface area contributed by atoms with E-state index in [1.54, 1.807) is 0 Å². The van der Waals surface area contributed by atoms with Crippen molar-refractivity contribution < 1.29 is 27.4 Å². The van der Waals surface area contributed by atoms with Gasteiger partial charge in [0, 0.05) is 13.1 Å². The van der Waals surface area contributed by atoms with Gasteiger partial charge in [0.05, 0.1) is 25.5 Å². The number of hydrogen-bond acceptors (Lipinski definition) is 7. The highest BCUT2D eigenvalue weighted by atomic mass is 19.4. The Morgan fingerprint density at radius 1 is 1.16 bits per heavy atom. The third-order valence-corrected chi connectivity index (χ3v) is 3.12. The number of carbonyl (C=O) groups excluding carboxylic acids is 1. The van der Waals surface area contributed by atoms with Crippen molar-refractivity contribution in [1.82, 2.24) is 9.97 Å². The van der Waals surface area contributed by atoms with Crippen molar-refractivity contribution in [2.75, 3.05) is 31.9 Å². The molecule has 0 unspecified atom stereocenters. The fourth-order valence-corrected chi connectivity index (χ4v) is 1.96. The first-order valence-electron chi connectivity index (χ1n) is 6.96. The van der Waals surface area contributed by atoms with Gasteiger partial charge in [-0.05, 0) is 18.2 Å². The largest absolute Gasteiger partial charge is 0.495 e. The summed E-state index contributed by atoms with van der Waals surface area (Å²) in [6.45, 7) is 0. The molecule has 0 aliphatic heterocycles. The van der Waals surface area contributed by atoms with Crippen LogP contribution in [0.25, 0.3) is 0 Å². The summed E-state index contributed by atoms with van der Waals surface area (Å²) in [5.74, 6) is -0.612. The summed E-state index contributed by atoms with van der Waals surface area (Å²) in [5, 5.41) is 5.17. The Labute approximate surface area is 141 Å². The topological polar surface area (TPSA) is 85.4 Å². The average molecular weight is 356 g/mol. The zero-order valence-corrected chi connectivity index (χ0v) is 13.6. The van der Waals surface area contributed by atoms with Gasteiger partial charge in [-0.1, -0.05) is 0 Å². The molecule has 25 heavy (non-hydrogen) atoms. The summed E-state index contributed by atoms with van der Waals surface area (Å²) in [4.78, 5) is 18.9. The number of anilines is 3. The summed E-state index contributed by atoms with van der Waals surface area (Å²) in [6, 6.07) is 5.10. The highest BCUT2D eigenvalue weighted by Gasteiger charge is 2.33. The summed E-state index contributed by atoms with van der Waals surface area (Å²) < 4.78 is 48.6. The summed E-state index contributed by atoms with van der Waals surface area (Å²) >= 11 is 0. The van der Waals surface area contributed by atoms with Crippen molar-refractivity contribution in [3.63, 3.8) is 0 Å². The summed E-state index contributed by atoms with van der Waals surface area (Å²) in [5.41, 5.74) is -0.665. The monoisotopic (exact) mass is 356 g/mol. The average Bonchev–Trinajstić information content (AvgIpc) is 2.59. The minimum absolute atomic E-state index is 0.119. The van der Waals surface area contributed by atoms with Crippen LogP contribution in [0.1, 0.15) is 16.1 Å². The number of ether oxygens (including phenoxy) is 2. The molecule has 0 bridgehead atoms. The second-order valence-electron chi connectivity index (χ2n) is 4.74. The van der Waals surface area contributed by atoms with E-state index in [0.717, 1.165) is 6.07 Å². The highest BCUT2D eigenvalue weighted by Crippen LogP contribution is 2.32. The van der Waals surface area contributed by atoms with Gasteiger partial charge in [-0.3, -0.25) is 0 Å². The lowest BCUT2D eigenvalue weighted by Crippen LogP contribution is -2.12. The second kappa shape index (κ2) is 7.24. The number of benzene rings is 1. The molecule has 2 aromatic rings. The van der Waals surface area contributed by atoms with Gasteiger partial charge in [0.1, 0.15) is 11.6 Å². The third-order valence-electron chi connectivity index (χ3n) is 3.12. The number of nitrogens with zero attached hydrogens (tertiary/aromatic N) is 2. The van der Waals surface area contributed by atoms with Crippen LogP contribution >= 0.6 is 0 Å². The van der Waals surface area contributed by atoms with Crippen molar-refractivity contribution in [3.05, 3.63) is 35.5 Å². The lowest BCUT2D eigenvalue weighted by atomic mass is 10.2. The van der Waals surface area contributed by atoms with Crippen LogP contribution in [-0.4, -0.2) is 37.2 Å². The molecule has 1 aromatic carbocycles. The molecule has 0 amide bonds. The van der Waals surface area contributed by atoms with Crippen molar-refractivity contribution >= 4 is 23.4 Å². The first kappa shape index (κ1) is 18.3. The van der Waals surface area contributed by atoms with E-state index >= 15 is 0 Å². The van der Waals surface area contributed by atoms with Crippen LogP contribution in [0, 0.1) is 0 Å². The van der Waals surface area contributed by atoms with Gasteiger partial charge in [-0.15, -0.1) is 0 Å². The van der Waals surface area contributed by atoms with Gasteiger partial charge < -0.3 is 20.1 Å². The Morgan fingerprint density at radius 3 is 2.44 bits per heavy atom. The van der Waals surface area contributed by atoms with Crippen molar-refractivity contribution in [2.45, 2.75) is 6.18 Å². The van der Waals surface area contributed by atoms with Gasteiger partial charge in [-0.25, -0.2) is 9.78 Å². The van der Waals surface area contributed by atoms with Gasteiger partial charge >= 0.3 is 12.1 Å². The second-order valence-corrected chi connectivity index (χ2v) is 4.74. The van der Waals surface area contributed by atoms with Crippen LogP contribution in [0.3, 0.4) is 0 Å². The Hall–Kier alpha value is -3.04. The first-order valence-corrected chi connectivity index (χ1v) is 6.96. The number of esters is 1. The van der Waals surface area contributed by atoms with E-state index in [4.69, 9.17) is 4.74 Å². The minimum Gasteiger partial charge on any atom is -0.495 e. The lowest BCUT2D eigenvalue weighted by molar-refractivity contribution is -0.141. The fourth-order valence-electron chi connectivity index (χ4n) is 1.96. The van der Waals surface area contributed by atoms with Gasteiger partial charge in [0.25, 0.3) is 0 Å². The maximum Gasteiger partial charge on any atom is 0.433 e. The first-order chi connectivity index (χ1) is 11.8. The van der Waals surface area contributed by atoms with Crippen LogP contribution in [0.4, 0.5) is 30.6 Å². The number of halogens is 3. The molecular weight excluding hydrogens is 341 g/mol. The Balaban J connectivity index is 2.46. The van der Waals surface area contributed by atoms with Crippen LogP contribution in [0.5, 0.6) is 5.75 Å². The molecule has 1 heterocycles. The third kappa shape index (κ3) is 4.28. The number of nitrogens with one attached hydrogen (secondary N) is 2. The van der Waals surface area contributed by atoms with E-state index in [0.29, 0.717) is 5.75 Å². The summed E-state index contributed by atoms with van der Waals surface area (Å²) in [6.07, 6.45) is -4.64. The van der Waals surface area contributed by atoms with Gasteiger partial charge in [0.15, 0.2) is 5.69 Å². The van der Waals surface area contributed by atoms with E-state index in [1.165, 1.54) is 39.5 Å². The normalized spacial score (nSPS) is 11.0. The Kier molecular flexibility index (Phi) is 5.30. The van der Waals surface area contributed by atoms with Crippen LogP contribution in [0.2, 0.25) is 0 Å². The van der Waals surface area contributed by atoms with Crippen LogP contribution in [-0.2, 0) is 10.9 Å². The fraction of sp³-hybridized carbons (Fsp3) is 0.267.